The molecule has 126 valence electrons. The lowest BCUT2D eigenvalue weighted by Gasteiger charge is -2.39. The fourth-order valence-corrected chi connectivity index (χ4v) is 3.47. The van der Waals surface area contributed by atoms with Crippen molar-refractivity contribution in [3.63, 3.8) is 0 Å². The van der Waals surface area contributed by atoms with Gasteiger partial charge in [-0.3, -0.25) is 19.7 Å². The maximum Gasteiger partial charge on any atom is 0.320 e. The van der Waals surface area contributed by atoms with Crippen LogP contribution < -0.4 is 0 Å². The van der Waals surface area contributed by atoms with Crippen molar-refractivity contribution in [1.82, 2.24) is 14.9 Å². The molecule has 1 saturated heterocycles. The second-order valence-corrected chi connectivity index (χ2v) is 6.48. The highest BCUT2D eigenvalue weighted by Crippen LogP contribution is 2.34. The molecule has 2 atom stereocenters. The van der Waals surface area contributed by atoms with Crippen LogP contribution in [0.1, 0.15) is 47.7 Å². The van der Waals surface area contributed by atoms with Crippen molar-refractivity contribution in [3.05, 3.63) is 59.2 Å². The zero-order chi connectivity index (χ0) is 17.1. The van der Waals surface area contributed by atoms with Crippen molar-refractivity contribution in [2.45, 2.75) is 45.2 Å². The van der Waals surface area contributed by atoms with Crippen molar-refractivity contribution in [2.24, 2.45) is 0 Å². The van der Waals surface area contributed by atoms with E-state index in [-0.39, 0.29) is 6.04 Å². The number of hydrogen-bond acceptors (Lipinski definition) is 4. The van der Waals surface area contributed by atoms with Crippen molar-refractivity contribution >= 4 is 5.97 Å². The first-order valence-electron chi connectivity index (χ1n) is 8.39. The average Bonchev–Trinajstić information content (AvgIpc) is 2.59. The normalized spacial score (nSPS) is 19.8. The summed E-state index contributed by atoms with van der Waals surface area (Å²) in [7, 11) is 0. The molecule has 0 aliphatic carbocycles. The molecule has 5 nitrogen and oxygen atoms in total. The van der Waals surface area contributed by atoms with Gasteiger partial charge in [-0.05, 0) is 62.1 Å². The van der Waals surface area contributed by atoms with Crippen LogP contribution in [0, 0.1) is 13.8 Å². The van der Waals surface area contributed by atoms with E-state index >= 15 is 0 Å². The van der Waals surface area contributed by atoms with Crippen molar-refractivity contribution < 1.29 is 9.90 Å². The zero-order valence-corrected chi connectivity index (χ0v) is 14.1. The summed E-state index contributed by atoms with van der Waals surface area (Å²) in [6.07, 6.45) is 8.09. The largest absolute Gasteiger partial charge is 0.480 e. The molecule has 0 saturated carbocycles. The summed E-state index contributed by atoms with van der Waals surface area (Å²) in [4.78, 5) is 22.7. The second kappa shape index (κ2) is 7.09. The summed E-state index contributed by atoms with van der Waals surface area (Å²) < 4.78 is 0. The Kier molecular flexibility index (Phi) is 4.90. The molecule has 0 spiro atoms. The van der Waals surface area contributed by atoms with E-state index in [0.29, 0.717) is 6.42 Å². The van der Waals surface area contributed by atoms with E-state index < -0.39 is 12.0 Å². The van der Waals surface area contributed by atoms with Crippen molar-refractivity contribution in [1.29, 1.82) is 0 Å². The van der Waals surface area contributed by atoms with Crippen LogP contribution in [0.25, 0.3) is 0 Å². The number of carbonyl (C=O) groups is 1. The molecule has 2 aromatic heterocycles. The number of aliphatic carboxylic acids is 1. The number of likely N-dealkylation sites (tertiary alicyclic amines) is 1. The van der Waals surface area contributed by atoms with E-state index in [2.05, 4.69) is 14.9 Å². The number of nitrogens with zero attached hydrogens (tertiary/aromatic N) is 3. The van der Waals surface area contributed by atoms with Gasteiger partial charge in [-0.15, -0.1) is 0 Å². The molecule has 5 heteroatoms. The zero-order valence-electron chi connectivity index (χ0n) is 14.1. The smallest absolute Gasteiger partial charge is 0.320 e. The molecular formula is C19H23N3O2. The fourth-order valence-electron chi connectivity index (χ4n) is 3.47. The molecule has 0 aromatic carbocycles. The van der Waals surface area contributed by atoms with Gasteiger partial charge in [0.2, 0.25) is 0 Å². The summed E-state index contributed by atoms with van der Waals surface area (Å²) in [5.74, 6) is -0.751. The maximum absolute atomic E-state index is 11.8. The van der Waals surface area contributed by atoms with Gasteiger partial charge in [0, 0.05) is 18.6 Å². The lowest BCUT2D eigenvalue weighted by atomic mass is 9.92. The fraction of sp³-hybridized carbons (Fsp3) is 0.421. The van der Waals surface area contributed by atoms with E-state index in [1.165, 1.54) is 0 Å². The molecular weight excluding hydrogens is 302 g/mol. The van der Waals surface area contributed by atoms with Crippen LogP contribution >= 0.6 is 0 Å². The molecule has 0 radical (unpaired) electrons. The number of carboxylic acid groups (broad SMARTS) is 1. The van der Waals surface area contributed by atoms with Gasteiger partial charge in [0.1, 0.15) is 6.04 Å². The number of rotatable bonds is 4. The van der Waals surface area contributed by atoms with Gasteiger partial charge in [0.25, 0.3) is 0 Å². The van der Waals surface area contributed by atoms with Gasteiger partial charge < -0.3 is 5.11 Å². The molecule has 24 heavy (non-hydrogen) atoms. The molecule has 2 unspecified atom stereocenters. The number of aryl methyl sites for hydroxylation is 2. The van der Waals surface area contributed by atoms with E-state index in [1.54, 1.807) is 6.20 Å². The van der Waals surface area contributed by atoms with Crippen LogP contribution in [0.15, 0.2) is 36.8 Å². The number of aromatic nitrogens is 2. The Labute approximate surface area is 142 Å². The first-order chi connectivity index (χ1) is 11.6. The van der Waals surface area contributed by atoms with Crippen LogP contribution in [0.3, 0.4) is 0 Å². The van der Waals surface area contributed by atoms with Crippen LogP contribution in [0.2, 0.25) is 0 Å². The van der Waals surface area contributed by atoms with Gasteiger partial charge in [-0.2, -0.15) is 0 Å². The Balaban J connectivity index is 2.09. The van der Waals surface area contributed by atoms with Gasteiger partial charge in [-0.1, -0.05) is 12.5 Å². The lowest BCUT2D eigenvalue weighted by Crippen LogP contribution is -2.47. The molecule has 1 N–H and O–H groups in total. The minimum absolute atomic E-state index is 0.157. The summed E-state index contributed by atoms with van der Waals surface area (Å²) in [5.41, 5.74) is 4.12. The SMILES string of the molecule is Cc1ccc(C(c2ccncc2C)N2CCCCC2C(=O)O)nc1. The quantitative estimate of drug-likeness (QED) is 0.935. The van der Waals surface area contributed by atoms with Crippen molar-refractivity contribution in [3.8, 4) is 0 Å². The third-order valence-corrected chi connectivity index (χ3v) is 4.73. The predicted molar refractivity (Wildman–Crippen MR) is 91.8 cm³/mol. The summed E-state index contributed by atoms with van der Waals surface area (Å²) in [6, 6.07) is 5.39. The van der Waals surface area contributed by atoms with E-state index in [4.69, 9.17) is 0 Å². The minimum atomic E-state index is -0.751. The van der Waals surface area contributed by atoms with Gasteiger partial charge in [0.05, 0.1) is 11.7 Å². The Morgan fingerprint density at radius 3 is 2.75 bits per heavy atom. The summed E-state index contributed by atoms with van der Waals surface area (Å²) in [5, 5.41) is 9.69. The lowest BCUT2D eigenvalue weighted by molar-refractivity contribution is -0.145. The second-order valence-electron chi connectivity index (χ2n) is 6.48. The predicted octanol–water partition coefficient (Wildman–Crippen LogP) is 3.12. The third-order valence-electron chi connectivity index (χ3n) is 4.73. The third kappa shape index (κ3) is 3.31. The molecule has 3 heterocycles. The highest BCUT2D eigenvalue weighted by Gasteiger charge is 2.36. The number of hydrogen-bond donors (Lipinski definition) is 1. The Hall–Kier alpha value is -2.27. The molecule has 0 bridgehead atoms. The highest BCUT2D eigenvalue weighted by molar-refractivity contribution is 5.73. The Morgan fingerprint density at radius 1 is 1.25 bits per heavy atom. The topological polar surface area (TPSA) is 66.3 Å². The molecule has 1 aliphatic rings. The Morgan fingerprint density at radius 2 is 2.08 bits per heavy atom. The first-order valence-corrected chi connectivity index (χ1v) is 8.39. The van der Waals surface area contributed by atoms with E-state index in [1.807, 2.05) is 44.4 Å². The maximum atomic E-state index is 11.8. The highest BCUT2D eigenvalue weighted by atomic mass is 16.4. The molecule has 1 fully saturated rings. The van der Waals surface area contributed by atoms with E-state index in [0.717, 1.165) is 41.8 Å². The number of pyridine rings is 2. The number of carboxylic acids is 1. The molecule has 1 aliphatic heterocycles. The van der Waals surface area contributed by atoms with Gasteiger partial charge in [-0.25, -0.2) is 0 Å². The summed E-state index contributed by atoms with van der Waals surface area (Å²) in [6.45, 7) is 4.78. The summed E-state index contributed by atoms with van der Waals surface area (Å²) >= 11 is 0. The van der Waals surface area contributed by atoms with Gasteiger partial charge in [0.15, 0.2) is 0 Å². The average molecular weight is 325 g/mol. The van der Waals surface area contributed by atoms with Gasteiger partial charge >= 0.3 is 5.97 Å². The first kappa shape index (κ1) is 16.6. The minimum Gasteiger partial charge on any atom is -0.480 e. The van der Waals surface area contributed by atoms with Crippen LogP contribution in [-0.2, 0) is 4.79 Å². The van der Waals surface area contributed by atoms with Crippen LogP contribution in [0.4, 0.5) is 0 Å². The number of piperidine rings is 1. The van der Waals surface area contributed by atoms with Crippen molar-refractivity contribution in [2.75, 3.05) is 6.54 Å². The molecule has 3 rings (SSSR count). The molecule has 0 amide bonds. The van der Waals surface area contributed by atoms with E-state index in [9.17, 15) is 9.90 Å². The standard InChI is InChI=1S/C19H23N3O2/c1-13-6-7-16(21-11-13)18(15-8-9-20-12-14(15)2)22-10-4-3-5-17(22)19(23)24/h6-9,11-12,17-18H,3-5,10H2,1-2H3,(H,23,24). The Bertz CT molecular complexity index is 715. The van der Waals surface area contributed by atoms with Crippen LogP contribution in [-0.4, -0.2) is 38.5 Å². The van der Waals surface area contributed by atoms with Crippen LogP contribution in [0.5, 0.6) is 0 Å². The monoisotopic (exact) mass is 325 g/mol. The molecule has 2 aromatic rings.